The molecule has 0 amide bonds. The van der Waals surface area contributed by atoms with Gasteiger partial charge in [0.15, 0.2) is 5.65 Å². The van der Waals surface area contributed by atoms with Gasteiger partial charge in [-0.15, -0.1) is 5.10 Å². The van der Waals surface area contributed by atoms with E-state index < -0.39 is 0 Å². The molecule has 4 rings (SSSR count). The molecule has 0 saturated carbocycles. The Morgan fingerprint density at radius 3 is 2.56 bits per heavy atom. The van der Waals surface area contributed by atoms with Crippen molar-refractivity contribution in [2.75, 3.05) is 39.8 Å². The number of aromatic nitrogens is 4. The Balaban J connectivity index is 1.64. The molecular formula is C18H21ClN6. The molecule has 3 aromatic rings. The molecule has 0 unspecified atom stereocenters. The Morgan fingerprint density at radius 2 is 1.80 bits per heavy atom. The minimum atomic E-state index is 0.592. The summed E-state index contributed by atoms with van der Waals surface area (Å²) in [4.78, 5) is 4.83. The van der Waals surface area contributed by atoms with Crippen molar-refractivity contribution in [3.8, 4) is 11.3 Å². The summed E-state index contributed by atoms with van der Waals surface area (Å²) in [6.45, 7) is 6.14. The largest absolute Gasteiger partial charge is 0.304 e. The van der Waals surface area contributed by atoms with Crippen molar-refractivity contribution in [2.24, 2.45) is 0 Å². The van der Waals surface area contributed by atoms with Gasteiger partial charge in [-0.25, -0.2) is 4.68 Å². The number of nitrogens with zero attached hydrogens (tertiary/aromatic N) is 6. The predicted octanol–water partition coefficient (Wildman–Crippen LogP) is 2.39. The highest BCUT2D eigenvalue weighted by molar-refractivity contribution is 6.36. The SMILES string of the molecule is CN1CCN(CCn2nc(-c3ccccc3)c3c(Cl)cnnc32)CC1. The number of hydrogen-bond acceptors (Lipinski definition) is 5. The highest BCUT2D eigenvalue weighted by Crippen LogP contribution is 2.31. The lowest BCUT2D eigenvalue weighted by Gasteiger charge is -2.32. The zero-order valence-corrected chi connectivity index (χ0v) is 15.0. The quantitative estimate of drug-likeness (QED) is 0.718. The molecular weight excluding hydrogens is 336 g/mol. The van der Waals surface area contributed by atoms with Crippen LogP contribution in [0.4, 0.5) is 0 Å². The van der Waals surface area contributed by atoms with Crippen LogP contribution in [0.15, 0.2) is 36.5 Å². The molecule has 25 heavy (non-hydrogen) atoms. The first-order chi connectivity index (χ1) is 12.2. The van der Waals surface area contributed by atoms with E-state index in [4.69, 9.17) is 16.7 Å². The molecule has 0 atom stereocenters. The first-order valence-electron chi connectivity index (χ1n) is 8.56. The maximum atomic E-state index is 6.42. The molecule has 3 heterocycles. The predicted molar refractivity (Wildman–Crippen MR) is 99.7 cm³/mol. The summed E-state index contributed by atoms with van der Waals surface area (Å²) >= 11 is 6.42. The summed E-state index contributed by atoms with van der Waals surface area (Å²) in [5, 5.41) is 14.6. The highest BCUT2D eigenvalue weighted by Gasteiger charge is 2.18. The minimum absolute atomic E-state index is 0.592. The average molecular weight is 357 g/mol. The molecule has 2 aromatic heterocycles. The third-order valence-electron chi connectivity index (χ3n) is 4.76. The van der Waals surface area contributed by atoms with E-state index in [1.807, 2.05) is 35.0 Å². The van der Waals surface area contributed by atoms with Crippen LogP contribution in [-0.2, 0) is 6.54 Å². The van der Waals surface area contributed by atoms with Crippen molar-refractivity contribution < 1.29 is 0 Å². The number of piperazine rings is 1. The summed E-state index contributed by atoms with van der Waals surface area (Å²) in [7, 11) is 2.17. The molecule has 1 aliphatic heterocycles. The third kappa shape index (κ3) is 3.38. The molecule has 0 radical (unpaired) electrons. The number of fused-ring (bicyclic) bond motifs is 1. The summed E-state index contributed by atoms with van der Waals surface area (Å²) in [5.74, 6) is 0. The van der Waals surface area contributed by atoms with E-state index >= 15 is 0 Å². The van der Waals surface area contributed by atoms with Gasteiger partial charge in [0.25, 0.3) is 0 Å². The Hall–Kier alpha value is -2.02. The number of halogens is 1. The maximum absolute atomic E-state index is 6.42. The van der Waals surface area contributed by atoms with Gasteiger partial charge >= 0.3 is 0 Å². The van der Waals surface area contributed by atoms with Crippen LogP contribution < -0.4 is 0 Å². The van der Waals surface area contributed by atoms with Crippen molar-refractivity contribution in [3.63, 3.8) is 0 Å². The molecule has 7 heteroatoms. The second kappa shape index (κ2) is 7.07. The van der Waals surface area contributed by atoms with Gasteiger partial charge < -0.3 is 4.90 Å². The Bertz CT molecular complexity index is 855. The molecule has 6 nitrogen and oxygen atoms in total. The van der Waals surface area contributed by atoms with E-state index in [1.165, 1.54) is 0 Å². The minimum Gasteiger partial charge on any atom is -0.304 e. The lowest BCUT2D eigenvalue weighted by atomic mass is 10.1. The van der Waals surface area contributed by atoms with Gasteiger partial charge in [-0.1, -0.05) is 41.9 Å². The zero-order chi connectivity index (χ0) is 17.2. The van der Waals surface area contributed by atoms with Gasteiger partial charge in [0.2, 0.25) is 0 Å². The topological polar surface area (TPSA) is 50.1 Å². The van der Waals surface area contributed by atoms with Crippen LogP contribution in [0, 0.1) is 0 Å². The van der Waals surface area contributed by atoms with E-state index in [-0.39, 0.29) is 0 Å². The highest BCUT2D eigenvalue weighted by atomic mass is 35.5. The van der Waals surface area contributed by atoms with E-state index in [0.717, 1.165) is 61.6 Å². The average Bonchev–Trinajstić information content (AvgIpc) is 3.02. The summed E-state index contributed by atoms with van der Waals surface area (Å²) in [6, 6.07) is 10.1. The fourth-order valence-electron chi connectivity index (χ4n) is 3.23. The zero-order valence-electron chi connectivity index (χ0n) is 14.3. The smallest absolute Gasteiger partial charge is 0.182 e. The number of hydrogen-bond donors (Lipinski definition) is 0. The molecule has 0 N–H and O–H groups in total. The molecule has 0 aliphatic carbocycles. The first kappa shape index (κ1) is 16.4. The van der Waals surface area contributed by atoms with E-state index in [2.05, 4.69) is 27.0 Å². The van der Waals surface area contributed by atoms with Crippen LogP contribution >= 0.6 is 11.6 Å². The van der Waals surface area contributed by atoms with Crippen molar-refractivity contribution in [3.05, 3.63) is 41.6 Å². The van der Waals surface area contributed by atoms with Gasteiger partial charge in [-0.3, -0.25) is 4.90 Å². The van der Waals surface area contributed by atoms with Gasteiger partial charge in [-0.2, -0.15) is 10.2 Å². The second-order valence-electron chi connectivity index (χ2n) is 6.47. The molecule has 1 fully saturated rings. The fourth-order valence-corrected chi connectivity index (χ4v) is 3.45. The number of benzene rings is 1. The molecule has 1 aromatic carbocycles. The summed E-state index contributed by atoms with van der Waals surface area (Å²) in [6.07, 6.45) is 1.59. The molecule has 1 aliphatic rings. The molecule has 1 saturated heterocycles. The van der Waals surface area contributed by atoms with E-state index in [0.29, 0.717) is 5.02 Å². The Labute approximate surface area is 152 Å². The third-order valence-corrected chi connectivity index (χ3v) is 5.05. The van der Waals surface area contributed by atoms with Crippen molar-refractivity contribution in [2.45, 2.75) is 6.54 Å². The lowest BCUT2D eigenvalue weighted by Crippen LogP contribution is -2.45. The second-order valence-corrected chi connectivity index (χ2v) is 6.88. The van der Waals surface area contributed by atoms with Crippen molar-refractivity contribution in [1.29, 1.82) is 0 Å². The molecule has 0 bridgehead atoms. The van der Waals surface area contributed by atoms with Gasteiger partial charge in [0, 0.05) is 38.3 Å². The fraction of sp³-hybridized carbons (Fsp3) is 0.389. The van der Waals surface area contributed by atoms with Crippen molar-refractivity contribution in [1.82, 2.24) is 29.8 Å². The summed E-state index contributed by atoms with van der Waals surface area (Å²) < 4.78 is 1.94. The summed E-state index contributed by atoms with van der Waals surface area (Å²) in [5.41, 5.74) is 2.66. The molecule has 0 spiro atoms. The van der Waals surface area contributed by atoms with Crippen LogP contribution in [0.5, 0.6) is 0 Å². The first-order valence-corrected chi connectivity index (χ1v) is 8.94. The van der Waals surface area contributed by atoms with Crippen LogP contribution in [0.1, 0.15) is 0 Å². The van der Waals surface area contributed by atoms with E-state index in [9.17, 15) is 0 Å². The van der Waals surface area contributed by atoms with Gasteiger partial charge in [0.1, 0.15) is 5.69 Å². The van der Waals surface area contributed by atoms with Gasteiger partial charge in [-0.05, 0) is 7.05 Å². The van der Waals surface area contributed by atoms with Crippen LogP contribution in [-0.4, -0.2) is 69.5 Å². The standard InChI is InChI=1S/C18H21ClN6/c1-23-7-9-24(10-8-23)11-12-25-18-16(15(19)13-20-21-18)17(22-25)14-5-3-2-4-6-14/h2-6,13H,7-12H2,1H3. The van der Waals surface area contributed by atoms with Crippen LogP contribution in [0.2, 0.25) is 5.02 Å². The lowest BCUT2D eigenvalue weighted by molar-refractivity contribution is 0.149. The Kier molecular flexibility index (Phi) is 4.65. The number of likely N-dealkylation sites (N-methyl/N-ethyl adjacent to an activating group) is 1. The van der Waals surface area contributed by atoms with Crippen LogP contribution in [0.25, 0.3) is 22.3 Å². The number of rotatable bonds is 4. The van der Waals surface area contributed by atoms with Gasteiger partial charge in [0.05, 0.1) is 23.2 Å². The van der Waals surface area contributed by atoms with Crippen LogP contribution in [0.3, 0.4) is 0 Å². The normalized spacial score (nSPS) is 16.6. The Morgan fingerprint density at radius 1 is 1.04 bits per heavy atom. The monoisotopic (exact) mass is 356 g/mol. The maximum Gasteiger partial charge on any atom is 0.182 e. The molecule has 130 valence electrons. The van der Waals surface area contributed by atoms with Crippen molar-refractivity contribution >= 4 is 22.6 Å². The van der Waals surface area contributed by atoms with E-state index in [1.54, 1.807) is 6.20 Å².